The predicted octanol–water partition coefficient (Wildman–Crippen LogP) is 5.54. The number of carbonyl (C=O) groups is 3. The molecule has 44 heavy (non-hydrogen) atoms. The number of ether oxygens (including phenoxy) is 2. The van der Waals surface area contributed by atoms with Gasteiger partial charge >= 0.3 is 24.5 Å². The lowest BCUT2D eigenvalue weighted by atomic mass is 9.98. The van der Waals surface area contributed by atoms with E-state index in [1.54, 1.807) is 35.3 Å². The van der Waals surface area contributed by atoms with Gasteiger partial charge in [0, 0.05) is 26.2 Å². The molecule has 0 saturated carbocycles. The van der Waals surface area contributed by atoms with Crippen LogP contribution in [-0.2, 0) is 41.5 Å². The number of hydrogen-bond acceptors (Lipinski definition) is 6. The molecular formula is C28H33F6N5O5. The van der Waals surface area contributed by atoms with Crippen molar-refractivity contribution >= 4 is 18.1 Å². The number of carbonyl (C=O) groups excluding carboxylic acids is 3. The highest BCUT2D eigenvalue weighted by Gasteiger charge is 2.41. The molecule has 3 heterocycles. The lowest BCUT2D eigenvalue weighted by molar-refractivity contribution is -0.143. The Morgan fingerprint density at radius 2 is 1.43 bits per heavy atom. The number of amides is 3. The second-order valence-electron chi connectivity index (χ2n) is 12.3. The number of alkyl halides is 6. The fraction of sp³-hybridized carbons (Fsp3) is 0.571. The largest absolute Gasteiger partial charge is 0.445 e. The maximum absolute atomic E-state index is 13.5. The number of aromatic nitrogens is 2. The number of fused-ring (bicyclic) bond motifs is 1. The maximum Gasteiger partial charge on any atom is 0.416 e. The minimum absolute atomic E-state index is 0.00195. The molecule has 1 aromatic carbocycles. The number of nitrogens with zero attached hydrogens (tertiary/aromatic N) is 5. The fourth-order valence-electron chi connectivity index (χ4n) is 5.02. The average Bonchev–Trinajstić information content (AvgIpc) is 3.32. The molecule has 16 heteroatoms. The van der Waals surface area contributed by atoms with Crippen LogP contribution in [0.3, 0.4) is 0 Å². The van der Waals surface area contributed by atoms with Crippen LogP contribution in [0.2, 0.25) is 0 Å². The van der Waals surface area contributed by atoms with Crippen molar-refractivity contribution in [2.75, 3.05) is 26.2 Å². The summed E-state index contributed by atoms with van der Waals surface area (Å²) in [4.78, 5) is 43.1. The summed E-state index contributed by atoms with van der Waals surface area (Å²) in [6.07, 6.45) is -11.5. The van der Waals surface area contributed by atoms with Gasteiger partial charge in [-0.1, -0.05) is 0 Å². The Morgan fingerprint density at radius 1 is 0.841 bits per heavy atom. The van der Waals surface area contributed by atoms with Gasteiger partial charge in [0.2, 0.25) is 0 Å². The molecule has 0 unspecified atom stereocenters. The number of piperazine rings is 1. The van der Waals surface area contributed by atoms with Crippen LogP contribution in [0, 0.1) is 0 Å². The van der Waals surface area contributed by atoms with Gasteiger partial charge in [-0.3, -0.25) is 9.48 Å². The first-order chi connectivity index (χ1) is 20.1. The molecule has 1 saturated heterocycles. The van der Waals surface area contributed by atoms with Gasteiger partial charge in [0.1, 0.15) is 12.2 Å². The van der Waals surface area contributed by atoms with Crippen molar-refractivity contribution in [1.82, 2.24) is 24.5 Å². The van der Waals surface area contributed by atoms with E-state index in [0.717, 1.165) is 0 Å². The van der Waals surface area contributed by atoms with Gasteiger partial charge < -0.3 is 24.2 Å². The average molecular weight is 634 g/mol. The summed E-state index contributed by atoms with van der Waals surface area (Å²) in [5, 5.41) is 4.38. The SMILES string of the molecule is CC(C)(C)OC(=O)N1CCN(C(=O)c2cc3n(n2)CCN(C(=O)OCc2cc(C(F)(F)F)cc(C(F)(F)F)c2)C3)C(C)(C)C1. The lowest BCUT2D eigenvalue weighted by Crippen LogP contribution is -2.62. The molecule has 0 N–H and O–H groups in total. The van der Waals surface area contributed by atoms with Crippen molar-refractivity contribution in [3.8, 4) is 0 Å². The number of rotatable bonds is 3. The van der Waals surface area contributed by atoms with Gasteiger partial charge in [0.05, 0.1) is 35.4 Å². The van der Waals surface area contributed by atoms with E-state index in [4.69, 9.17) is 9.47 Å². The highest BCUT2D eigenvalue weighted by molar-refractivity contribution is 5.93. The van der Waals surface area contributed by atoms with E-state index in [-0.39, 0.29) is 56.9 Å². The normalized spacial score (nSPS) is 17.3. The van der Waals surface area contributed by atoms with E-state index < -0.39 is 59.0 Å². The zero-order chi connectivity index (χ0) is 32.8. The molecule has 2 aromatic rings. The molecule has 1 fully saturated rings. The Bertz CT molecular complexity index is 1400. The van der Waals surface area contributed by atoms with E-state index in [0.29, 0.717) is 17.8 Å². The third-order valence-corrected chi connectivity index (χ3v) is 7.08. The van der Waals surface area contributed by atoms with Crippen molar-refractivity contribution in [3.63, 3.8) is 0 Å². The van der Waals surface area contributed by atoms with Crippen LogP contribution in [0.5, 0.6) is 0 Å². The first-order valence-corrected chi connectivity index (χ1v) is 13.7. The van der Waals surface area contributed by atoms with Crippen molar-refractivity contribution in [3.05, 3.63) is 52.3 Å². The first kappa shape index (κ1) is 32.9. The van der Waals surface area contributed by atoms with E-state index in [9.17, 15) is 40.7 Å². The van der Waals surface area contributed by atoms with E-state index in [1.807, 2.05) is 13.8 Å². The summed E-state index contributed by atoms with van der Waals surface area (Å²) in [6.45, 7) is 9.05. The van der Waals surface area contributed by atoms with Crippen LogP contribution in [-0.4, -0.2) is 79.9 Å². The quantitative estimate of drug-likeness (QED) is 0.412. The maximum atomic E-state index is 13.5. The highest BCUT2D eigenvalue weighted by Crippen LogP contribution is 2.36. The molecule has 0 radical (unpaired) electrons. The number of halogens is 6. The summed E-state index contributed by atoms with van der Waals surface area (Å²) in [7, 11) is 0. The molecule has 2 aliphatic heterocycles. The van der Waals surface area contributed by atoms with Gasteiger partial charge in [-0.05, 0) is 64.4 Å². The Balaban J connectivity index is 1.40. The fourth-order valence-corrected chi connectivity index (χ4v) is 5.02. The highest BCUT2D eigenvalue weighted by atomic mass is 19.4. The third-order valence-electron chi connectivity index (χ3n) is 7.08. The second-order valence-corrected chi connectivity index (χ2v) is 12.3. The molecule has 3 amide bonds. The van der Waals surface area contributed by atoms with Crippen molar-refractivity contribution in [2.24, 2.45) is 0 Å². The summed E-state index contributed by atoms with van der Waals surface area (Å²) in [6, 6.07) is 2.51. The van der Waals surface area contributed by atoms with Gasteiger partial charge in [0.25, 0.3) is 5.91 Å². The molecule has 4 rings (SSSR count). The van der Waals surface area contributed by atoms with E-state index in [1.165, 1.54) is 11.0 Å². The van der Waals surface area contributed by atoms with Crippen LogP contribution in [0.4, 0.5) is 35.9 Å². The number of hydrogen-bond donors (Lipinski definition) is 0. The van der Waals surface area contributed by atoms with Crippen LogP contribution in [0.15, 0.2) is 24.3 Å². The van der Waals surface area contributed by atoms with Crippen LogP contribution < -0.4 is 0 Å². The molecule has 10 nitrogen and oxygen atoms in total. The Hall–Kier alpha value is -3.98. The minimum atomic E-state index is -5.03. The van der Waals surface area contributed by atoms with Gasteiger partial charge in [0.15, 0.2) is 5.69 Å². The summed E-state index contributed by atoms with van der Waals surface area (Å²) in [5.74, 6) is -0.375. The third kappa shape index (κ3) is 7.56. The van der Waals surface area contributed by atoms with Crippen molar-refractivity contribution in [1.29, 1.82) is 0 Å². The zero-order valence-corrected chi connectivity index (χ0v) is 24.8. The standard InChI is InChI=1S/C28H33F6N5O5/c1-25(2,3)44-24(42)37-6-8-38(26(4,5)16-37)22(40)21-13-20-14-36(7-9-39(20)35-21)23(41)43-15-17-10-18(27(29,30)31)12-19(11-17)28(32,33)34/h10-13H,6-9,14-16H2,1-5H3. The van der Waals surface area contributed by atoms with Crippen LogP contribution >= 0.6 is 0 Å². The van der Waals surface area contributed by atoms with Gasteiger partial charge in [-0.2, -0.15) is 31.4 Å². The van der Waals surface area contributed by atoms with Crippen molar-refractivity contribution in [2.45, 2.75) is 77.8 Å². The summed E-state index contributed by atoms with van der Waals surface area (Å²) >= 11 is 0. The van der Waals surface area contributed by atoms with E-state index in [2.05, 4.69) is 5.10 Å². The number of benzene rings is 1. The summed E-state index contributed by atoms with van der Waals surface area (Å²) < 4.78 is 91.0. The molecule has 0 atom stereocenters. The second kappa shape index (κ2) is 11.5. The Kier molecular flexibility index (Phi) is 8.61. The molecule has 0 spiro atoms. The monoisotopic (exact) mass is 633 g/mol. The van der Waals surface area contributed by atoms with Gasteiger partial charge in [-0.25, -0.2) is 9.59 Å². The summed E-state index contributed by atoms with van der Waals surface area (Å²) in [5.41, 5.74) is -4.29. The molecule has 2 aliphatic rings. The topological polar surface area (TPSA) is 97.2 Å². The predicted molar refractivity (Wildman–Crippen MR) is 142 cm³/mol. The van der Waals surface area contributed by atoms with Crippen molar-refractivity contribution < 1.29 is 50.2 Å². The molecule has 1 aromatic heterocycles. The smallest absolute Gasteiger partial charge is 0.416 e. The zero-order valence-electron chi connectivity index (χ0n) is 24.8. The Labute approximate surface area is 249 Å². The Morgan fingerprint density at radius 3 is 1.98 bits per heavy atom. The lowest BCUT2D eigenvalue weighted by Gasteiger charge is -2.46. The molecule has 0 aliphatic carbocycles. The van der Waals surface area contributed by atoms with E-state index >= 15 is 0 Å². The van der Waals surface area contributed by atoms with Crippen LogP contribution in [0.1, 0.15) is 67.5 Å². The first-order valence-electron chi connectivity index (χ1n) is 13.7. The minimum Gasteiger partial charge on any atom is -0.445 e. The van der Waals surface area contributed by atoms with Gasteiger partial charge in [-0.15, -0.1) is 0 Å². The van der Waals surface area contributed by atoms with Crippen LogP contribution in [0.25, 0.3) is 0 Å². The molecule has 0 bridgehead atoms. The molecule has 242 valence electrons. The molecular weight excluding hydrogens is 600 g/mol.